The Balaban J connectivity index is 2.70. The van der Waals surface area contributed by atoms with Gasteiger partial charge < -0.3 is 20.5 Å². The molecule has 5 heteroatoms. The van der Waals surface area contributed by atoms with Gasteiger partial charge in [-0.25, -0.2) is 4.99 Å². The number of aliphatic hydroxyl groups is 1. The van der Waals surface area contributed by atoms with Gasteiger partial charge in [-0.3, -0.25) is 0 Å². The van der Waals surface area contributed by atoms with E-state index in [4.69, 9.17) is 4.74 Å². The van der Waals surface area contributed by atoms with Crippen LogP contribution in [0.1, 0.15) is 46.1 Å². The lowest BCUT2D eigenvalue weighted by molar-refractivity contribution is 0.243. The Morgan fingerprint density at radius 1 is 1.20 bits per heavy atom. The van der Waals surface area contributed by atoms with Crippen molar-refractivity contribution in [3.8, 4) is 5.75 Å². The van der Waals surface area contributed by atoms with Crippen LogP contribution in [0, 0.1) is 11.8 Å². The smallest absolute Gasteiger partial charge is 0.191 e. The van der Waals surface area contributed by atoms with E-state index in [-0.39, 0.29) is 6.61 Å². The highest BCUT2D eigenvalue weighted by Gasteiger charge is 2.11. The van der Waals surface area contributed by atoms with Crippen LogP contribution in [-0.4, -0.2) is 37.4 Å². The number of para-hydroxylation sites is 1. The lowest BCUT2D eigenvalue weighted by Crippen LogP contribution is -2.40. The first-order valence-corrected chi connectivity index (χ1v) is 9.44. The van der Waals surface area contributed by atoms with E-state index in [2.05, 4.69) is 36.4 Å². The van der Waals surface area contributed by atoms with Gasteiger partial charge >= 0.3 is 0 Å². The molecular weight excluding hydrogens is 314 g/mol. The average molecular weight is 350 g/mol. The van der Waals surface area contributed by atoms with E-state index in [0.717, 1.165) is 43.2 Å². The second-order valence-electron chi connectivity index (χ2n) is 6.62. The van der Waals surface area contributed by atoms with Crippen LogP contribution in [0.5, 0.6) is 5.75 Å². The molecular formula is C20H35N3O2. The zero-order valence-electron chi connectivity index (χ0n) is 16.2. The maximum Gasteiger partial charge on any atom is 0.191 e. The van der Waals surface area contributed by atoms with Crippen molar-refractivity contribution >= 4 is 5.96 Å². The van der Waals surface area contributed by atoms with E-state index in [9.17, 15) is 5.11 Å². The SMILES string of the molecule is CCNC(=NCc1ccccc1OCC)NCC(CCO)CC(C)C. The number of ether oxygens (including phenoxy) is 1. The maximum atomic E-state index is 9.26. The monoisotopic (exact) mass is 349 g/mol. The molecule has 0 heterocycles. The molecule has 0 aliphatic heterocycles. The largest absolute Gasteiger partial charge is 0.494 e. The summed E-state index contributed by atoms with van der Waals surface area (Å²) >= 11 is 0. The molecule has 0 aliphatic rings. The summed E-state index contributed by atoms with van der Waals surface area (Å²) < 4.78 is 5.67. The fraction of sp³-hybridized carbons (Fsp3) is 0.650. The van der Waals surface area contributed by atoms with Gasteiger partial charge in [0, 0.05) is 25.3 Å². The van der Waals surface area contributed by atoms with Crippen LogP contribution in [0.4, 0.5) is 0 Å². The van der Waals surface area contributed by atoms with Crippen molar-refractivity contribution in [3.05, 3.63) is 29.8 Å². The van der Waals surface area contributed by atoms with Gasteiger partial charge in [0.1, 0.15) is 5.75 Å². The summed E-state index contributed by atoms with van der Waals surface area (Å²) in [6.45, 7) is 11.6. The molecule has 0 spiro atoms. The first-order valence-electron chi connectivity index (χ1n) is 9.44. The summed E-state index contributed by atoms with van der Waals surface area (Å²) in [6.07, 6.45) is 1.91. The van der Waals surface area contributed by atoms with Gasteiger partial charge in [0.2, 0.25) is 0 Å². The highest BCUT2D eigenvalue weighted by molar-refractivity contribution is 5.79. The van der Waals surface area contributed by atoms with Crippen LogP contribution in [0.2, 0.25) is 0 Å². The van der Waals surface area contributed by atoms with Gasteiger partial charge in [0.15, 0.2) is 5.96 Å². The Kier molecular flexibility index (Phi) is 10.7. The fourth-order valence-corrected chi connectivity index (χ4v) is 2.83. The molecule has 0 aromatic heterocycles. The van der Waals surface area contributed by atoms with Gasteiger partial charge in [-0.05, 0) is 44.6 Å². The predicted octanol–water partition coefficient (Wildman–Crippen LogP) is 3.19. The molecule has 3 N–H and O–H groups in total. The average Bonchev–Trinajstić information content (AvgIpc) is 2.58. The van der Waals surface area contributed by atoms with E-state index in [1.807, 2.05) is 31.2 Å². The number of rotatable bonds is 11. The molecule has 1 atom stereocenters. The minimum Gasteiger partial charge on any atom is -0.494 e. The van der Waals surface area contributed by atoms with Gasteiger partial charge in [0.05, 0.1) is 13.2 Å². The van der Waals surface area contributed by atoms with Gasteiger partial charge in [-0.1, -0.05) is 32.0 Å². The molecule has 0 aliphatic carbocycles. The van der Waals surface area contributed by atoms with Crippen LogP contribution in [0.3, 0.4) is 0 Å². The summed E-state index contributed by atoms with van der Waals surface area (Å²) in [4.78, 5) is 4.69. The summed E-state index contributed by atoms with van der Waals surface area (Å²) in [7, 11) is 0. The van der Waals surface area contributed by atoms with Crippen molar-refractivity contribution < 1.29 is 9.84 Å². The maximum absolute atomic E-state index is 9.26. The third kappa shape index (κ3) is 8.77. The number of nitrogens with one attached hydrogen (secondary N) is 2. The molecule has 0 fully saturated rings. The summed E-state index contributed by atoms with van der Waals surface area (Å²) in [5.41, 5.74) is 1.08. The third-order valence-corrected chi connectivity index (χ3v) is 3.92. The predicted molar refractivity (Wildman–Crippen MR) is 105 cm³/mol. The normalized spacial score (nSPS) is 13.0. The van der Waals surface area contributed by atoms with Gasteiger partial charge in [0.25, 0.3) is 0 Å². The van der Waals surface area contributed by atoms with Crippen molar-refractivity contribution in [1.29, 1.82) is 0 Å². The molecule has 0 bridgehead atoms. The summed E-state index contributed by atoms with van der Waals surface area (Å²) in [5, 5.41) is 16.0. The highest BCUT2D eigenvalue weighted by atomic mass is 16.5. The molecule has 0 amide bonds. The van der Waals surface area contributed by atoms with Crippen LogP contribution in [-0.2, 0) is 6.54 Å². The third-order valence-electron chi connectivity index (χ3n) is 3.92. The number of nitrogens with zero attached hydrogens (tertiary/aromatic N) is 1. The first-order chi connectivity index (χ1) is 12.1. The molecule has 5 nitrogen and oxygen atoms in total. The van der Waals surface area contributed by atoms with Crippen LogP contribution in [0.15, 0.2) is 29.3 Å². The number of aliphatic imine (C=N–C) groups is 1. The zero-order valence-corrected chi connectivity index (χ0v) is 16.2. The van der Waals surface area contributed by atoms with Gasteiger partial charge in [-0.2, -0.15) is 0 Å². The number of benzene rings is 1. The quantitative estimate of drug-likeness (QED) is 0.424. The van der Waals surface area contributed by atoms with Crippen LogP contribution in [0.25, 0.3) is 0 Å². The van der Waals surface area contributed by atoms with E-state index < -0.39 is 0 Å². The summed E-state index contributed by atoms with van der Waals surface area (Å²) in [6, 6.07) is 8.01. The topological polar surface area (TPSA) is 65.9 Å². The Labute approximate surface area is 152 Å². The molecule has 0 saturated carbocycles. The molecule has 1 rings (SSSR count). The van der Waals surface area contributed by atoms with Crippen molar-refractivity contribution in [3.63, 3.8) is 0 Å². The van der Waals surface area contributed by atoms with Crippen molar-refractivity contribution in [2.24, 2.45) is 16.8 Å². The second-order valence-corrected chi connectivity index (χ2v) is 6.62. The van der Waals surface area contributed by atoms with Crippen molar-refractivity contribution in [1.82, 2.24) is 10.6 Å². The Morgan fingerprint density at radius 3 is 2.60 bits per heavy atom. The molecule has 0 radical (unpaired) electrons. The van der Waals surface area contributed by atoms with Crippen molar-refractivity contribution in [2.75, 3.05) is 26.3 Å². The van der Waals surface area contributed by atoms with Crippen LogP contribution < -0.4 is 15.4 Å². The Morgan fingerprint density at radius 2 is 1.96 bits per heavy atom. The Hall–Kier alpha value is -1.75. The molecule has 142 valence electrons. The van der Waals surface area contributed by atoms with E-state index in [1.165, 1.54) is 0 Å². The van der Waals surface area contributed by atoms with E-state index in [1.54, 1.807) is 0 Å². The van der Waals surface area contributed by atoms with E-state index >= 15 is 0 Å². The fourth-order valence-electron chi connectivity index (χ4n) is 2.83. The van der Waals surface area contributed by atoms with Crippen LogP contribution >= 0.6 is 0 Å². The summed E-state index contributed by atoms with van der Waals surface area (Å²) in [5.74, 6) is 2.77. The number of guanidine groups is 1. The minimum absolute atomic E-state index is 0.231. The second kappa shape index (κ2) is 12.6. The molecule has 1 aromatic rings. The molecule has 1 aromatic carbocycles. The number of hydrogen-bond acceptors (Lipinski definition) is 3. The zero-order chi connectivity index (χ0) is 18.5. The van der Waals surface area contributed by atoms with E-state index in [0.29, 0.717) is 25.0 Å². The highest BCUT2D eigenvalue weighted by Crippen LogP contribution is 2.19. The number of hydrogen-bond donors (Lipinski definition) is 3. The van der Waals surface area contributed by atoms with Gasteiger partial charge in [-0.15, -0.1) is 0 Å². The standard InChI is InChI=1S/C20H35N3O2/c1-5-21-20(22-14-17(11-12-24)13-16(3)4)23-15-18-9-7-8-10-19(18)25-6-2/h7-10,16-17,24H,5-6,11-15H2,1-4H3,(H2,21,22,23). The minimum atomic E-state index is 0.231. The molecule has 0 saturated heterocycles. The Bertz CT molecular complexity index is 503. The lowest BCUT2D eigenvalue weighted by atomic mass is 9.94. The lowest BCUT2D eigenvalue weighted by Gasteiger charge is -2.20. The first kappa shape index (κ1) is 21.3. The number of aliphatic hydroxyl groups excluding tert-OH is 1. The molecule has 25 heavy (non-hydrogen) atoms. The van der Waals surface area contributed by atoms with Crippen molar-refractivity contribution in [2.45, 2.75) is 47.1 Å². The molecule has 1 unspecified atom stereocenters.